The Morgan fingerprint density at radius 1 is 1.10 bits per heavy atom. The molecule has 3 aromatic carbocycles. The van der Waals surface area contributed by atoms with Gasteiger partial charge in [0, 0.05) is 17.7 Å². The maximum absolute atomic E-state index is 11.1. The lowest BCUT2D eigenvalue weighted by atomic mass is 10.1. The van der Waals surface area contributed by atoms with E-state index in [1.165, 1.54) is 12.5 Å². The average molecular weight is 386 g/mol. The second kappa shape index (κ2) is 7.17. The zero-order chi connectivity index (χ0) is 19.8. The van der Waals surface area contributed by atoms with Crippen molar-refractivity contribution in [2.45, 2.75) is 13.0 Å². The predicted octanol–water partition coefficient (Wildman–Crippen LogP) is 4.29. The van der Waals surface area contributed by atoms with Gasteiger partial charge in [-0.05, 0) is 23.8 Å². The van der Waals surface area contributed by atoms with Crippen LogP contribution >= 0.6 is 0 Å². The van der Waals surface area contributed by atoms with E-state index in [9.17, 15) is 4.79 Å². The second-order valence-electron chi connectivity index (χ2n) is 7.24. The van der Waals surface area contributed by atoms with Crippen LogP contribution in [0.2, 0.25) is 0 Å². The highest BCUT2D eigenvalue weighted by atomic mass is 16.5. The van der Waals surface area contributed by atoms with Gasteiger partial charge in [0.25, 0.3) is 0 Å². The molecule has 1 aliphatic heterocycles. The number of fused-ring (bicyclic) bond motifs is 3. The molecule has 1 amide bonds. The minimum atomic E-state index is -0.0539. The van der Waals surface area contributed by atoms with Gasteiger partial charge in [-0.25, -0.2) is 0 Å². The van der Waals surface area contributed by atoms with Gasteiger partial charge in [0.15, 0.2) is 0 Å². The summed E-state index contributed by atoms with van der Waals surface area (Å²) in [5.41, 5.74) is 3.44. The Balaban J connectivity index is 1.66. The molecular formula is C24H22N2O3. The van der Waals surface area contributed by atoms with E-state index in [1.54, 1.807) is 0 Å². The van der Waals surface area contributed by atoms with Crippen LogP contribution in [0.5, 0.6) is 11.5 Å². The number of nitrogens with zero attached hydrogens (tertiary/aromatic N) is 1. The molecule has 5 nitrogen and oxygen atoms in total. The van der Waals surface area contributed by atoms with E-state index >= 15 is 0 Å². The maximum atomic E-state index is 11.1. The summed E-state index contributed by atoms with van der Waals surface area (Å²) in [6.07, 6.45) is 0. The topological polar surface area (TPSA) is 52.5 Å². The van der Waals surface area contributed by atoms with Crippen molar-refractivity contribution in [3.05, 3.63) is 72.3 Å². The largest absolute Gasteiger partial charge is 0.491 e. The highest BCUT2D eigenvalue weighted by molar-refractivity contribution is 6.13. The van der Waals surface area contributed by atoms with Crippen molar-refractivity contribution < 1.29 is 14.3 Å². The Bertz CT molecular complexity index is 1200. The third kappa shape index (κ3) is 2.99. The first-order chi connectivity index (χ1) is 14.2. The van der Waals surface area contributed by atoms with Crippen molar-refractivity contribution >= 4 is 27.7 Å². The Morgan fingerprint density at radius 2 is 1.93 bits per heavy atom. The zero-order valence-electron chi connectivity index (χ0n) is 16.2. The standard InChI is InChI=1S/C24H22N2O3/c1-16(27)25-13-14-28-21-11-6-10-19-23(21)18-9-5-12-22-24(18)26(19)20(15-29-22)17-7-3-2-4-8-17/h2-12,20H,13-15H2,1H3,(H,25,27)/t20-/m0/s1. The average Bonchev–Trinajstić information content (AvgIpc) is 3.09. The number of benzene rings is 3. The molecule has 29 heavy (non-hydrogen) atoms. The molecule has 5 heteroatoms. The molecule has 0 bridgehead atoms. The van der Waals surface area contributed by atoms with Gasteiger partial charge >= 0.3 is 0 Å². The third-order valence-corrected chi connectivity index (χ3v) is 5.40. The lowest BCUT2D eigenvalue weighted by molar-refractivity contribution is -0.119. The first-order valence-corrected chi connectivity index (χ1v) is 9.84. The van der Waals surface area contributed by atoms with Gasteiger partial charge in [-0.15, -0.1) is 0 Å². The molecule has 0 spiro atoms. The van der Waals surface area contributed by atoms with Gasteiger partial charge in [0.2, 0.25) is 5.91 Å². The number of para-hydroxylation sites is 1. The summed E-state index contributed by atoms with van der Waals surface area (Å²) >= 11 is 0. The SMILES string of the molecule is CC(=O)NCCOc1cccc2c1c1cccc3c1n2[C@H](c1ccccc1)CO3. The number of nitrogens with one attached hydrogen (secondary N) is 1. The molecule has 0 unspecified atom stereocenters. The number of rotatable bonds is 5. The van der Waals surface area contributed by atoms with Crippen LogP contribution in [0.15, 0.2) is 66.7 Å². The first-order valence-electron chi connectivity index (χ1n) is 9.84. The minimum Gasteiger partial charge on any atom is -0.491 e. The van der Waals surface area contributed by atoms with Gasteiger partial charge in [0.05, 0.1) is 23.6 Å². The van der Waals surface area contributed by atoms with E-state index in [2.05, 4.69) is 46.3 Å². The smallest absolute Gasteiger partial charge is 0.216 e. The van der Waals surface area contributed by atoms with E-state index in [0.717, 1.165) is 33.3 Å². The van der Waals surface area contributed by atoms with Crippen molar-refractivity contribution in [3.8, 4) is 11.5 Å². The van der Waals surface area contributed by atoms with Gasteiger partial charge in [-0.3, -0.25) is 4.79 Å². The van der Waals surface area contributed by atoms with Crippen LogP contribution in [0.1, 0.15) is 18.5 Å². The molecule has 0 aliphatic carbocycles. The molecule has 1 aromatic heterocycles. The Morgan fingerprint density at radius 3 is 2.76 bits per heavy atom. The van der Waals surface area contributed by atoms with Crippen LogP contribution < -0.4 is 14.8 Å². The molecule has 2 heterocycles. The lowest BCUT2D eigenvalue weighted by Crippen LogP contribution is -2.25. The molecule has 1 N–H and O–H groups in total. The van der Waals surface area contributed by atoms with Crippen molar-refractivity contribution in [2.75, 3.05) is 19.8 Å². The van der Waals surface area contributed by atoms with Crippen molar-refractivity contribution in [3.63, 3.8) is 0 Å². The van der Waals surface area contributed by atoms with Gasteiger partial charge in [-0.2, -0.15) is 0 Å². The molecule has 5 rings (SSSR count). The third-order valence-electron chi connectivity index (χ3n) is 5.40. The Labute approximate surface area is 168 Å². The highest BCUT2D eigenvalue weighted by Gasteiger charge is 2.28. The van der Waals surface area contributed by atoms with E-state index < -0.39 is 0 Å². The summed E-state index contributed by atoms with van der Waals surface area (Å²) in [5, 5.41) is 4.98. The van der Waals surface area contributed by atoms with E-state index in [0.29, 0.717) is 19.8 Å². The van der Waals surface area contributed by atoms with E-state index in [-0.39, 0.29) is 11.9 Å². The van der Waals surface area contributed by atoms with Crippen molar-refractivity contribution in [1.29, 1.82) is 0 Å². The molecule has 0 fully saturated rings. The molecule has 1 atom stereocenters. The molecule has 0 saturated carbocycles. The van der Waals surface area contributed by atoms with Gasteiger partial charge < -0.3 is 19.4 Å². The summed E-state index contributed by atoms with van der Waals surface area (Å²) < 4.78 is 14.6. The molecule has 146 valence electrons. The summed E-state index contributed by atoms with van der Waals surface area (Å²) in [7, 11) is 0. The van der Waals surface area contributed by atoms with Crippen LogP contribution in [0.3, 0.4) is 0 Å². The number of aromatic nitrogens is 1. The quantitative estimate of drug-likeness (QED) is 0.521. The van der Waals surface area contributed by atoms with Crippen molar-refractivity contribution in [2.24, 2.45) is 0 Å². The fourth-order valence-corrected chi connectivity index (χ4v) is 4.20. The fraction of sp³-hybridized carbons (Fsp3) is 0.208. The van der Waals surface area contributed by atoms with Crippen LogP contribution in [0, 0.1) is 0 Å². The number of hydrogen-bond acceptors (Lipinski definition) is 3. The molecular weight excluding hydrogens is 364 g/mol. The minimum absolute atomic E-state index is 0.0539. The second-order valence-corrected chi connectivity index (χ2v) is 7.24. The molecule has 1 aliphatic rings. The van der Waals surface area contributed by atoms with Crippen LogP contribution in [0.25, 0.3) is 21.8 Å². The molecule has 0 saturated heterocycles. The zero-order valence-corrected chi connectivity index (χ0v) is 16.2. The van der Waals surface area contributed by atoms with E-state index in [1.807, 2.05) is 30.3 Å². The fourth-order valence-electron chi connectivity index (χ4n) is 4.20. The van der Waals surface area contributed by atoms with Crippen LogP contribution in [0.4, 0.5) is 0 Å². The Hall–Kier alpha value is -3.47. The lowest BCUT2D eigenvalue weighted by Gasteiger charge is -2.27. The molecule has 4 aromatic rings. The number of ether oxygens (including phenoxy) is 2. The van der Waals surface area contributed by atoms with Crippen LogP contribution in [-0.2, 0) is 4.79 Å². The van der Waals surface area contributed by atoms with E-state index in [4.69, 9.17) is 9.47 Å². The summed E-state index contributed by atoms with van der Waals surface area (Å²) in [6.45, 7) is 3.00. The number of carbonyl (C=O) groups is 1. The van der Waals surface area contributed by atoms with Gasteiger partial charge in [-0.1, -0.05) is 48.5 Å². The predicted molar refractivity (Wildman–Crippen MR) is 114 cm³/mol. The van der Waals surface area contributed by atoms with Gasteiger partial charge in [0.1, 0.15) is 24.7 Å². The van der Waals surface area contributed by atoms with Crippen LogP contribution in [-0.4, -0.2) is 30.2 Å². The number of hydrogen-bond donors (Lipinski definition) is 1. The number of amides is 1. The Kier molecular flexibility index (Phi) is 4.35. The summed E-state index contributed by atoms with van der Waals surface area (Å²) in [4.78, 5) is 11.1. The van der Waals surface area contributed by atoms with Crippen molar-refractivity contribution in [1.82, 2.24) is 9.88 Å². The normalized spacial score (nSPS) is 15.3. The number of carbonyl (C=O) groups excluding carboxylic acids is 1. The summed E-state index contributed by atoms with van der Waals surface area (Å²) in [5.74, 6) is 1.67. The first kappa shape index (κ1) is 17.6. The molecule has 0 radical (unpaired) electrons. The summed E-state index contributed by atoms with van der Waals surface area (Å²) in [6, 6.07) is 22.9. The monoisotopic (exact) mass is 386 g/mol. The maximum Gasteiger partial charge on any atom is 0.216 e. The highest BCUT2D eigenvalue weighted by Crippen LogP contribution is 2.44.